The molecule has 10 rings (SSSR count). The summed E-state index contributed by atoms with van der Waals surface area (Å²) in [4.78, 5) is 2.42. The molecule has 0 bridgehead atoms. The predicted octanol–water partition coefficient (Wildman–Crippen LogP) is 11.2. The van der Waals surface area contributed by atoms with Gasteiger partial charge in [0.2, 0.25) is 0 Å². The number of rotatable bonds is 3. The number of ether oxygens (including phenoxy) is 2. The van der Waals surface area contributed by atoms with E-state index in [-0.39, 0.29) is 23.0 Å². The lowest BCUT2D eigenvalue weighted by Crippen LogP contribution is -2.56. The summed E-state index contributed by atoms with van der Waals surface area (Å²) in [5, 5.41) is 1.24. The molecule has 0 saturated heterocycles. The number of thiophene rings is 1. The highest BCUT2D eigenvalue weighted by atomic mass is 32.1. The number of benzene rings is 5. The Labute approximate surface area is 312 Å². The van der Waals surface area contributed by atoms with E-state index in [4.69, 9.17) is 9.47 Å². The first kappa shape index (κ1) is 32.2. The zero-order chi connectivity index (χ0) is 35.9. The van der Waals surface area contributed by atoms with Gasteiger partial charge in [0.05, 0.1) is 5.69 Å². The van der Waals surface area contributed by atoms with Crippen molar-refractivity contribution in [3.05, 3.63) is 118 Å². The Bertz CT molecular complexity index is 2500. The molecule has 0 atom stereocenters. The van der Waals surface area contributed by atoms with Gasteiger partial charge in [0.15, 0.2) is 0 Å². The number of anilines is 3. The van der Waals surface area contributed by atoms with Crippen LogP contribution in [0.5, 0.6) is 23.0 Å². The minimum absolute atomic E-state index is 0.0118. The molecule has 0 unspecified atom stereocenters. The molecule has 2 aliphatic heterocycles. The Morgan fingerprint density at radius 1 is 0.731 bits per heavy atom. The van der Waals surface area contributed by atoms with Crippen LogP contribution in [0.25, 0.3) is 10.1 Å². The first-order valence-electron chi connectivity index (χ1n) is 19.0. The summed E-state index contributed by atoms with van der Waals surface area (Å²) in [6, 6.07) is 32.0. The second kappa shape index (κ2) is 10.8. The second-order valence-corrected chi connectivity index (χ2v) is 19.1. The van der Waals surface area contributed by atoms with Crippen LogP contribution in [-0.4, -0.2) is 6.71 Å². The van der Waals surface area contributed by atoms with Gasteiger partial charge in [-0.15, -0.1) is 11.3 Å². The predicted molar refractivity (Wildman–Crippen MR) is 220 cm³/mol. The lowest BCUT2D eigenvalue weighted by Gasteiger charge is -2.41. The molecule has 0 fully saturated rings. The highest BCUT2D eigenvalue weighted by Gasteiger charge is 2.45. The number of hydrogen-bond donors (Lipinski definition) is 0. The summed E-state index contributed by atoms with van der Waals surface area (Å²) in [6.07, 6.45) is 4.60. The summed E-state index contributed by atoms with van der Waals surface area (Å²) in [5.74, 6) is 3.72. The molecule has 52 heavy (non-hydrogen) atoms. The van der Waals surface area contributed by atoms with Crippen LogP contribution in [0.1, 0.15) is 94.7 Å². The third-order valence-electron chi connectivity index (χ3n) is 12.6. The molecular formula is C47H46BNO2S. The first-order valence-corrected chi connectivity index (χ1v) is 19.9. The summed E-state index contributed by atoms with van der Waals surface area (Å²) in [7, 11) is 0. The van der Waals surface area contributed by atoms with Crippen molar-refractivity contribution < 1.29 is 9.47 Å². The van der Waals surface area contributed by atoms with E-state index in [0.29, 0.717) is 0 Å². The van der Waals surface area contributed by atoms with Crippen molar-refractivity contribution >= 4 is 60.9 Å². The van der Waals surface area contributed by atoms with Crippen LogP contribution in [0, 0.1) is 6.92 Å². The van der Waals surface area contributed by atoms with E-state index in [0.717, 1.165) is 52.7 Å². The second-order valence-electron chi connectivity index (χ2n) is 18.0. The lowest BCUT2D eigenvalue weighted by atomic mass is 9.37. The summed E-state index contributed by atoms with van der Waals surface area (Å²) < 4.78 is 16.8. The molecule has 260 valence electrons. The molecule has 2 aliphatic carbocycles. The van der Waals surface area contributed by atoms with Gasteiger partial charge in [-0.25, -0.2) is 0 Å². The third kappa shape index (κ3) is 4.70. The lowest BCUT2D eigenvalue weighted by molar-refractivity contribution is 0.332. The Kier molecular flexibility index (Phi) is 6.68. The number of aryl methyl sites for hydroxylation is 2. The van der Waals surface area contributed by atoms with Crippen molar-refractivity contribution in [1.82, 2.24) is 0 Å². The Morgan fingerprint density at radius 2 is 1.46 bits per heavy atom. The van der Waals surface area contributed by atoms with Crippen molar-refractivity contribution in [2.45, 2.75) is 97.3 Å². The van der Waals surface area contributed by atoms with Crippen molar-refractivity contribution in [3.63, 3.8) is 0 Å². The van der Waals surface area contributed by atoms with Crippen LogP contribution in [-0.2, 0) is 29.1 Å². The van der Waals surface area contributed by atoms with E-state index in [1.165, 1.54) is 72.2 Å². The number of hydrogen-bond acceptors (Lipinski definition) is 4. The van der Waals surface area contributed by atoms with Crippen LogP contribution in [0.3, 0.4) is 0 Å². The molecule has 0 radical (unpaired) electrons. The van der Waals surface area contributed by atoms with Gasteiger partial charge in [0, 0.05) is 43.8 Å². The van der Waals surface area contributed by atoms with Crippen LogP contribution in [0.2, 0.25) is 0 Å². The normalized spacial score (nSPS) is 17.1. The Hall–Kier alpha value is -4.48. The van der Waals surface area contributed by atoms with E-state index in [1.807, 2.05) is 11.3 Å². The highest BCUT2D eigenvalue weighted by Crippen LogP contribution is 2.51. The van der Waals surface area contributed by atoms with Crippen molar-refractivity contribution in [3.8, 4) is 23.0 Å². The van der Waals surface area contributed by atoms with Gasteiger partial charge in [-0.3, -0.25) is 0 Å². The highest BCUT2D eigenvalue weighted by molar-refractivity contribution is 7.33. The minimum atomic E-state index is 0.0118. The third-order valence-corrected chi connectivity index (χ3v) is 13.8. The fourth-order valence-corrected chi connectivity index (χ4v) is 10.5. The van der Waals surface area contributed by atoms with Gasteiger partial charge in [-0.05, 0) is 124 Å². The van der Waals surface area contributed by atoms with Crippen LogP contribution in [0.4, 0.5) is 17.1 Å². The molecule has 4 aliphatic rings. The van der Waals surface area contributed by atoms with Gasteiger partial charge in [0.1, 0.15) is 23.0 Å². The summed E-state index contributed by atoms with van der Waals surface area (Å²) >= 11 is 1.92. The number of nitrogens with zero attached hydrogens (tertiary/aromatic N) is 1. The average molecular weight is 700 g/mol. The molecular weight excluding hydrogens is 653 g/mol. The zero-order valence-corrected chi connectivity index (χ0v) is 32.5. The number of fused-ring (bicyclic) bond motifs is 8. The van der Waals surface area contributed by atoms with Crippen LogP contribution in [0.15, 0.2) is 84.9 Å². The van der Waals surface area contributed by atoms with Crippen LogP contribution < -0.4 is 30.1 Å². The summed E-state index contributed by atoms with van der Waals surface area (Å²) in [6.45, 7) is 18.8. The fraction of sp³-hybridized carbons (Fsp3) is 0.319. The van der Waals surface area contributed by atoms with Crippen molar-refractivity contribution in [2.75, 3.05) is 4.90 Å². The molecule has 5 aromatic carbocycles. The fourth-order valence-electron chi connectivity index (χ4n) is 9.24. The van der Waals surface area contributed by atoms with Gasteiger partial charge < -0.3 is 14.4 Å². The van der Waals surface area contributed by atoms with Crippen molar-refractivity contribution in [1.29, 1.82) is 0 Å². The molecule has 5 heteroatoms. The first-order chi connectivity index (χ1) is 24.8. The molecule has 6 aromatic rings. The van der Waals surface area contributed by atoms with E-state index >= 15 is 0 Å². The molecule has 0 spiro atoms. The molecule has 0 amide bonds. The maximum atomic E-state index is 7.26. The molecule has 3 heterocycles. The summed E-state index contributed by atoms with van der Waals surface area (Å²) in [5.41, 5.74) is 14.4. The monoisotopic (exact) mass is 699 g/mol. The van der Waals surface area contributed by atoms with Gasteiger partial charge in [-0.1, -0.05) is 84.9 Å². The standard InChI is InChI=1S/C47H46BNO2S/c1-27-11-9-13-30(21-27)49(37-14-10-12-28-15-17-32(28)37)31-23-39-42-40(24-31)51-43-33-25-34-35(47(7,8)20-19-46(34,5)6)26-41(33)52-44(43)48(42)36-22-29(45(2,3)4)16-18-38(36)50-39/h9-14,16,18,21-26H,15,17,19-20H2,1-8H3. The van der Waals surface area contributed by atoms with Gasteiger partial charge in [-0.2, -0.15) is 0 Å². The smallest absolute Gasteiger partial charge is 0.273 e. The minimum Gasteiger partial charge on any atom is -0.458 e. The van der Waals surface area contributed by atoms with Gasteiger partial charge >= 0.3 is 0 Å². The maximum absolute atomic E-state index is 7.26. The van der Waals surface area contributed by atoms with E-state index < -0.39 is 0 Å². The quantitative estimate of drug-likeness (QED) is 0.171. The van der Waals surface area contributed by atoms with Gasteiger partial charge in [0.25, 0.3) is 6.71 Å². The Morgan fingerprint density at radius 3 is 2.17 bits per heavy atom. The Balaban J connectivity index is 1.23. The molecule has 0 N–H and O–H groups in total. The largest absolute Gasteiger partial charge is 0.458 e. The van der Waals surface area contributed by atoms with Crippen LogP contribution >= 0.6 is 11.3 Å². The topological polar surface area (TPSA) is 21.7 Å². The average Bonchev–Trinajstić information content (AvgIpc) is 3.44. The van der Waals surface area contributed by atoms with E-state index in [2.05, 4.69) is 145 Å². The molecule has 1 aromatic heterocycles. The maximum Gasteiger partial charge on any atom is 0.273 e. The van der Waals surface area contributed by atoms with E-state index in [1.54, 1.807) is 0 Å². The molecule has 0 saturated carbocycles. The van der Waals surface area contributed by atoms with Crippen molar-refractivity contribution in [2.24, 2.45) is 0 Å². The molecule has 3 nitrogen and oxygen atoms in total. The SMILES string of the molecule is Cc1cccc(N(c2cc3c4c(c2)Oc2c(sc5cc6c(cc25)C(C)(C)CCC6(C)C)B4c2cc(C(C)(C)C)ccc2O3)c2cccc3c2CC3)c1. The van der Waals surface area contributed by atoms with E-state index in [9.17, 15) is 0 Å². The zero-order valence-electron chi connectivity index (χ0n) is 31.7.